The van der Waals surface area contributed by atoms with Crippen molar-refractivity contribution in [3.05, 3.63) is 57.1 Å². The average Bonchev–Trinajstić information content (AvgIpc) is 3.29. The number of hydrogen-bond acceptors (Lipinski definition) is 7. The molecule has 3 N–H and O–H groups in total. The van der Waals surface area contributed by atoms with Crippen LogP contribution in [-0.2, 0) is 25.5 Å². The maximum atomic E-state index is 14.5. The molecule has 2 heterocycles. The summed E-state index contributed by atoms with van der Waals surface area (Å²) in [5.41, 5.74) is 8.30. The Balaban J connectivity index is 0.000000631. The van der Waals surface area contributed by atoms with Crippen LogP contribution in [0.2, 0.25) is 0 Å². The molecule has 42 heavy (non-hydrogen) atoms. The number of hydrogen-bond donors (Lipinski definition) is 3. The zero-order valence-corrected chi connectivity index (χ0v) is 26.6. The van der Waals surface area contributed by atoms with Crippen LogP contribution in [0.4, 0.5) is 14.9 Å². The van der Waals surface area contributed by atoms with Gasteiger partial charge in [0.25, 0.3) is 0 Å². The largest absolute Gasteiger partial charge is 0.506 e. The number of aldehydes is 1. The lowest BCUT2D eigenvalue weighted by molar-refractivity contribution is -0.119. The Bertz CT molecular complexity index is 1210. The number of carboxylic acid groups (broad SMARTS) is 1. The molecule has 1 aliphatic carbocycles. The van der Waals surface area contributed by atoms with Gasteiger partial charge in [-0.15, -0.1) is 0 Å². The number of likely N-dealkylation sites (tertiary alicyclic amines) is 1. The van der Waals surface area contributed by atoms with E-state index in [9.17, 15) is 18.8 Å². The third-order valence-corrected chi connectivity index (χ3v) is 7.03. The number of halogens is 1. The van der Waals surface area contributed by atoms with Gasteiger partial charge >= 0.3 is 6.16 Å². The molecule has 1 aromatic carbocycles. The number of allylic oxidation sites excluding steroid dienone is 3. The van der Waals surface area contributed by atoms with E-state index in [1.807, 2.05) is 47.7 Å². The standard InChI is InChI=1S/C23H25FN2O4.C5H11NO2.2C2H6/c1-12(14(10-27)11-30-23(28)29)7-20-22-17(9-26(20)3)16-6-4-5-15-13(2)18(24)8-19(25-22)21(15)16;1-5(7)6-3-4-8-2;2*1-2/h7-8,10,22,25H,4-6,9,11H2,1-3H3,(H,28,29);3-4H2,1-2H3,(H,6,7);2*1-2H3/b14-12+,20-7-;;;. The predicted octanol–water partition coefficient (Wildman–Crippen LogP) is 5.88. The molecular weight excluding hydrogens is 541 g/mol. The first-order valence-electron chi connectivity index (χ1n) is 14.6. The first-order valence-corrected chi connectivity index (χ1v) is 14.6. The average molecular weight is 590 g/mol. The molecule has 0 bridgehead atoms. The van der Waals surface area contributed by atoms with E-state index in [1.54, 1.807) is 20.1 Å². The van der Waals surface area contributed by atoms with Gasteiger partial charge in [-0.1, -0.05) is 27.7 Å². The Morgan fingerprint density at radius 2 is 1.88 bits per heavy atom. The second-order valence-electron chi connectivity index (χ2n) is 9.60. The van der Waals surface area contributed by atoms with Gasteiger partial charge in [0.05, 0.1) is 12.6 Å². The Kier molecular flexibility index (Phi) is 15.6. The molecule has 2 aliphatic heterocycles. The highest BCUT2D eigenvalue weighted by molar-refractivity contribution is 5.88. The third kappa shape index (κ3) is 9.17. The molecule has 4 rings (SSSR count). The van der Waals surface area contributed by atoms with E-state index >= 15 is 0 Å². The zero-order chi connectivity index (χ0) is 32.0. The molecule has 10 heteroatoms. The molecule has 3 aliphatic rings. The third-order valence-electron chi connectivity index (χ3n) is 7.03. The Morgan fingerprint density at radius 1 is 1.21 bits per heavy atom. The van der Waals surface area contributed by atoms with Gasteiger partial charge in [0.2, 0.25) is 5.91 Å². The summed E-state index contributed by atoms with van der Waals surface area (Å²) in [5.74, 6) is -0.204. The van der Waals surface area contributed by atoms with E-state index in [1.165, 1.54) is 18.1 Å². The summed E-state index contributed by atoms with van der Waals surface area (Å²) < 4.78 is 23.8. The summed E-state index contributed by atoms with van der Waals surface area (Å²) in [5, 5.41) is 14.8. The van der Waals surface area contributed by atoms with Crippen LogP contribution in [0.5, 0.6) is 0 Å². The Hall–Kier alpha value is -3.66. The highest BCUT2D eigenvalue weighted by Gasteiger charge is 2.39. The maximum absolute atomic E-state index is 14.5. The molecule has 1 fully saturated rings. The van der Waals surface area contributed by atoms with Crippen LogP contribution in [0.25, 0.3) is 5.57 Å². The van der Waals surface area contributed by atoms with Gasteiger partial charge in [-0.25, -0.2) is 9.18 Å². The smallest absolute Gasteiger partial charge is 0.450 e. The van der Waals surface area contributed by atoms with Crippen molar-refractivity contribution in [1.82, 2.24) is 10.2 Å². The minimum atomic E-state index is -1.42. The fourth-order valence-corrected chi connectivity index (χ4v) is 5.10. The number of anilines is 1. The van der Waals surface area contributed by atoms with Crippen molar-refractivity contribution >= 4 is 29.6 Å². The quantitative estimate of drug-likeness (QED) is 0.156. The van der Waals surface area contributed by atoms with Crippen molar-refractivity contribution < 1.29 is 33.4 Å². The number of benzene rings is 1. The number of ether oxygens (including phenoxy) is 2. The molecule has 0 radical (unpaired) electrons. The summed E-state index contributed by atoms with van der Waals surface area (Å²) in [6.07, 6.45) is 3.96. The molecule has 234 valence electrons. The van der Waals surface area contributed by atoms with Gasteiger partial charge < -0.3 is 30.1 Å². The van der Waals surface area contributed by atoms with Crippen molar-refractivity contribution in [2.24, 2.45) is 0 Å². The monoisotopic (exact) mass is 589 g/mol. The molecule has 0 aromatic heterocycles. The van der Waals surface area contributed by atoms with Crippen LogP contribution in [0.3, 0.4) is 0 Å². The molecule has 1 aromatic rings. The van der Waals surface area contributed by atoms with Crippen LogP contribution in [0, 0.1) is 12.7 Å². The maximum Gasteiger partial charge on any atom is 0.506 e. The summed E-state index contributed by atoms with van der Waals surface area (Å²) in [7, 11) is 3.59. The van der Waals surface area contributed by atoms with Gasteiger partial charge in [0, 0.05) is 56.7 Å². The van der Waals surface area contributed by atoms with Crippen LogP contribution in [0.1, 0.15) is 71.1 Å². The fourth-order valence-electron chi connectivity index (χ4n) is 5.10. The molecule has 1 saturated heterocycles. The minimum Gasteiger partial charge on any atom is -0.450 e. The van der Waals surface area contributed by atoms with E-state index < -0.39 is 6.16 Å². The van der Waals surface area contributed by atoms with Gasteiger partial charge in [0.1, 0.15) is 18.7 Å². The van der Waals surface area contributed by atoms with E-state index in [0.717, 1.165) is 53.9 Å². The summed E-state index contributed by atoms with van der Waals surface area (Å²) in [4.78, 5) is 34.4. The molecule has 1 unspecified atom stereocenters. The number of carbonyl (C=O) groups excluding carboxylic acids is 2. The van der Waals surface area contributed by atoms with Gasteiger partial charge in [0.15, 0.2) is 0 Å². The van der Waals surface area contributed by atoms with Gasteiger partial charge in [-0.3, -0.25) is 9.59 Å². The van der Waals surface area contributed by atoms with Gasteiger partial charge in [-0.2, -0.15) is 0 Å². The van der Waals surface area contributed by atoms with Crippen molar-refractivity contribution in [2.75, 3.05) is 45.8 Å². The Morgan fingerprint density at radius 3 is 2.45 bits per heavy atom. The lowest BCUT2D eigenvalue weighted by Crippen LogP contribution is -2.28. The molecule has 9 nitrogen and oxygen atoms in total. The summed E-state index contributed by atoms with van der Waals surface area (Å²) in [6, 6.07) is 1.49. The predicted molar refractivity (Wildman–Crippen MR) is 165 cm³/mol. The van der Waals surface area contributed by atoms with Crippen molar-refractivity contribution in [3.63, 3.8) is 0 Å². The molecule has 1 atom stereocenters. The molecule has 0 spiro atoms. The van der Waals surface area contributed by atoms with Crippen molar-refractivity contribution in [2.45, 2.75) is 73.8 Å². The number of nitrogens with zero attached hydrogens (tertiary/aromatic N) is 1. The normalized spacial score (nSPS) is 17.4. The number of nitrogens with one attached hydrogen (secondary N) is 2. The minimum absolute atomic E-state index is 0.0120. The van der Waals surface area contributed by atoms with E-state index in [2.05, 4.69) is 25.0 Å². The van der Waals surface area contributed by atoms with Crippen LogP contribution < -0.4 is 10.6 Å². The molecule has 1 amide bonds. The number of methoxy groups -OCH3 is 1. The lowest BCUT2D eigenvalue weighted by Gasteiger charge is -2.33. The summed E-state index contributed by atoms with van der Waals surface area (Å²) >= 11 is 0. The van der Waals surface area contributed by atoms with Gasteiger partial charge in [-0.05, 0) is 73.1 Å². The highest BCUT2D eigenvalue weighted by Crippen LogP contribution is 2.47. The highest BCUT2D eigenvalue weighted by atomic mass is 19.1. The SMILES string of the molecule is CC.CC.CC(/C=C1/C2Nc3cc(F)c(C)c4c3C(=C2CN1C)CCC4)=C(/C=O)COC(=O)O.COCCNC(C)=O. The molecule has 0 saturated carbocycles. The first kappa shape index (κ1) is 36.4. The van der Waals surface area contributed by atoms with Crippen molar-refractivity contribution in [3.8, 4) is 0 Å². The fraction of sp³-hybridized carbons (Fsp3) is 0.531. The first-order chi connectivity index (χ1) is 20.1. The number of carbonyl (C=O) groups is 3. The number of amides is 1. The van der Waals surface area contributed by atoms with Crippen LogP contribution in [-0.4, -0.2) is 74.9 Å². The van der Waals surface area contributed by atoms with E-state index in [-0.39, 0.29) is 29.9 Å². The second-order valence-corrected chi connectivity index (χ2v) is 9.60. The topological polar surface area (TPSA) is 117 Å². The van der Waals surface area contributed by atoms with Crippen LogP contribution >= 0.6 is 0 Å². The Labute approximate surface area is 249 Å². The van der Waals surface area contributed by atoms with E-state index in [4.69, 9.17) is 5.11 Å². The number of rotatable bonds is 7. The number of likely N-dealkylation sites (N-methyl/N-ethyl adjacent to an activating group) is 1. The molecular formula is C32H48FN3O6. The van der Waals surface area contributed by atoms with E-state index in [0.29, 0.717) is 25.0 Å². The second kappa shape index (κ2) is 18.0. The number of fused-ring (bicyclic) bond motifs is 1. The van der Waals surface area contributed by atoms with Crippen LogP contribution in [0.15, 0.2) is 34.6 Å². The zero-order valence-electron chi connectivity index (χ0n) is 26.6. The lowest BCUT2D eigenvalue weighted by atomic mass is 9.78. The van der Waals surface area contributed by atoms with Crippen molar-refractivity contribution in [1.29, 1.82) is 0 Å². The summed E-state index contributed by atoms with van der Waals surface area (Å²) in [6.45, 7) is 14.7.